The topological polar surface area (TPSA) is 52.6 Å². The van der Waals surface area contributed by atoms with Gasteiger partial charge >= 0.3 is 0 Å². The van der Waals surface area contributed by atoms with E-state index in [4.69, 9.17) is 14.2 Å². The van der Waals surface area contributed by atoms with Crippen molar-refractivity contribution in [2.45, 2.75) is 63.3 Å². The van der Waals surface area contributed by atoms with Crippen molar-refractivity contribution in [3.8, 4) is 5.88 Å². The van der Waals surface area contributed by atoms with Crippen LogP contribution < -0.4 is 10.1 Å². The number of ether oxygens (including phenoxy) is 3. The summed E-state index contributed by atoms with van der Waals surface area (Å²) in [6.45, 7) is 3.31. The molecule has 0 aromatic carbocycles. The van der Waals surface area contributed by atoms with E-state index in [9.17, 15) is 0 Å². The van der Waals surface area contributed by atoms with Crippen LogP contribution in [0, 0.1) is 11.3 Å². The molecule has 0 bridgehead atoms. The number of nitrogens with one attached hydrogen (secondary N) is 1. The molecule has 4 aliphatic rings. The van der Waals surface area contributed by atoms with Crippen LogP contribution in [-0.2, 0) is 16.0 Å². The van der Waals surface area contributed by atoms with Gasteiger partial charge in [0.15, 0.2) is 0 Å². The summed E-state index contributed by atoms with van der Waals surface area (Å²) in [6, 6.07) is 4.78. The van der Waals surface area contributed by atoms with E-state index >= 15 is 0 Å². The molecular formula is C20H28N2O3. The van der Waals surface area contributed by atoms with Crippen molar-refractivity contribution < 1.29 is 14.2 Å². The van der Waals surface area contributed by atoms with Gasteiger partial charge in [-0.25, -0.2) is 4.98 Å². The van der Waals surface area contributed by atoms with Gasteiger partial charge in [-0.15, -0.1) is 0 Å². The molecule has 2 aliphatic heterocycles. The van der Waals surface area contributed by atoms with Crippen molar-refractivity contribution in [3.05, 3.63) is 23.9 Å². The lowest BCUT2D eigenvalue weighted by Gasteiger charge is -2.57. The van der Waals surface area contributed by atoms with E-state index in [1.807, 2.05) is 6.20 Å². The second kappa shape index (κ2) is 6.53. The fourth-order valence-corrected chi connectivity index (χ4v) is 5.64. The fourth-order valence-electron chi connectivity index (χ4n) is 5.64. The lowest BCUT2D eigenvalue weighted by molar-refractivity contribution is -0.130. The Labute approximate surface area is 149 Å². The molecule has 2 saturated carbocycles. The Kier molecular flexibility index (Phi) is 4.19. The third kappa shape index (κ3) is 2.77. The number of rotatable bonds is 5. The minimum absolute atomic E-state index is 0.153. The van der Waals surface area contributed by atoms with E-state index < -0.39 is 0 Å². The average Bonchev–Trinajstić information content (AvgIpc) is 3.36. The third-order valence-corrected chi connectivity index (χ3v) is 6.79. The molecule has 5 rings (SSSR count). The monoisotopic (exact) mass is 344 g/mol. The lowest BCUT2D eigenvalue weighted by atomic mass is 9.54. The maximum atomic E-state index is 6.08. The highest BCUT2D eigenvalue weighted by molar-refractivity contribution is 5.22. The maximum Gasteiger partial charge on any atom is 0.213 e. The average molecular weight is 344 g/mol. The molecule has 2 saturated heterocycles. The number of hydrogen-bond donors (Lipinski definition) is 1. The number of nitrogens with zero attached hydrogens (tertiary/aromatic N) is 1. The van der Waals surface area contributed by atoms with Crippen molar-refractivity contribution in [2.24, 2.45) is 11.3 Å². The van der Waals surface area contributed by atoms with Crippen LogP contribution in [-0.4, -0.2) is 43.1 Å². The van der Waals surface area contributed by atoms with Gasteiger partial charge in [-0.1, -0.05) is 12.8 Å². The molecule has 3 heterocycles. The molecule has 4 fully saturated rings. The first-order valence-electron chi connectivity index (χ1n) is 9.89. The highest BCUT2D eigenvalue weighted by Crippen LogP contribution is 2.60. The molecule has 1 aromatic rings. The van der Waals surface area contributed by atoms with Crippen molar-refractivity contribution in [1.82, 2.24) is 10.3 Å². The van der Waals surface area contributed by atoms with Crippen molar-refractivity contribution in [3.63, 3.8) is 0 Å². The van der Waals surface area contributed by atoms with Gasteiger partial charge in [0, 0.05) is 49.2 Å². The Bertz CT molecular complexity index is 611. The van der Waals surface area contributed by atoms with Gasteiger partial charge in [0.25, 0.3) is 0 Å². The third-order valence-electron chi connectivity index (χ3n) is 6.79. The molecule has 1 N–H and O–H groups in total. The fraction of sp³-hybridized carbons (Fsp3) is 0.750. The molecule has 0 unspecified atom stereocenters. The highest BCUT2D eigenvalue weighted by atomic mass is 16.5. The van der Waals surface area contributed by atoms with Gasteiger partial charge in [0.05, 0.1) is 19.3 Å². The van der Waals surface area contributed by atoms with Gasteiger partial charge in [0.2, 0.25) is 5.88 Å². The quantitative estimate of drug-likeness (QED) is 0.890. The van der Waals surface area contributed by atoms with Gasteiger partial charge < -0.3 is 19.5 Å². The largest absolute Gasteiger partial charge is 0.472 e. The van der Waals surface area contributed by atoms with E-state index in [-0.39, 0.29) is 6.10 Å². The Hall–Kier alpha value is -1.17. The van der Waals surface area contributed by atoms with Crippen molar-refractivity contribution >= 4 is 0 Å². The number of hydrogen-bond acceptors (Lipinski definition) is 5. The van der Waals surface area contributed by atoms with Crippen LogP contribution in [0.25, 0.3) is 0 Å². The number of aromatic nitrogens is 1. The van der Waals surface area contributed by atoms with Gasteiger partial charge in [-0.2, -0.15) is 0 Å². The molecule has 1 aromatic heterocycles. The van der Waals surface area contributed by atoms with Crippen LogP contribution in [0.1, 0.15) is 44.1 Å². The van der Waals surface area contributed by atoms with Crippen LogP contribution in [0.15, 0.2) is 18.3 Å². The normalized spacial score (nSPS) is 35.7. The molecular weight excluding hydrogens is 316 g/mol. The summed E-state index contributed by atoms with van der Waals surface area (Å²) in [6.07, 6.45) is 10.1. The predicted octanol–water partition coefficient (Wildman–Crippen LogP) is 2.69. The van der Waals surface area contributed by atoms with E-state index in [2.05, 4.69) is 22.4 Å². The van der Waals surface area contributed by atoms with Crippen LogP contribution in [0.4, 0.5) is 0 Å². The van der Waals surface area contributed by atoms with Crippen molar-refractivity contribution in [2.75, 3.05) is 19.8 Å². The van der Waals surface area contributed by atoms with Crippen LogP contribution in [0.3, 0.4) is 0 Å². The second-order valence-corrected chi connectivity index (χ2v) is 8.15. The summed E-state index contributed by atoms with van der Waals surface area (Å²) in [4.78, 5) is 4.36. The molecule has 25 heavy (non-hydrogen) atoms. The summed E-state index contributed by atoms with van der Waals surface area (Å²) in [5.41, 5.74) is 1.66. The standard InChI is InChI=1S/C20H28N2O3/c1-2-7-20(6-1)18(16-5-10-24-19(16)20)22-12-14-3-8-21-17(11-14)25-15-4-9-23-13-15/h3,8,11,15-16,18-19,22H,1-2,4-7,9-10,12-13H2/t15-,16-,18+,19+/m0/s1. The summed E-state index contributed by atoms with van der Waals surface area (Å²) < 4.78 is 17.4. The molecule has 136 valence electrons. The zero-order valence-electron chi connectivity index (χ0n) is 14.8. The summed E-state index contributed by atoms with van der Waals surface area (Å²) in [7, 11) is 0. The minimum atomic E-state index is 0.153. The summed E-state index contributed by atoms with van der Waals surface area (Å²) >= 11 is 0. The zero-order valence-corrected chi connectivity index (χ0v) is 14.8. The van der Waals surface area contributed by atoms with E-state index in [1.54, 1.807) is 0 Å². The van der Waals surface area contributed by atoms with Crippen molar-refractivity contribution in [1.29, 1.82) is 0 Å². The first-order valence-corrected chi connectivity index (χ1v) is 9.89. The minimum Gasteiger partial charge on any atom is -0.472 e. The SMILES string of the molecule is c1cc(CN[C@@H]2[C@@H]3CCO[C@H]3C23CCCC3)cc(O[C@H]2CCOC2)n1. The smallest absolute Gasteiger partial charge is 0.213 e. The molecule has 5 nitrogen and oxygen atoms in total. The van der Waals surface area contributed by atoms with Gasteiger partial charge in [-0.05, 0) is 30.9 Å². The molecule has 5 heteroatoms. The highest BCUT2D eigenvalue weighted by Gasteiger charge is 2.64. The summed E-state index contributed by atoms with van der Waals surface area (Å²) in [5.74, 6) is 1.44. The number of fused-ring (bicyclic) bond motifs is 2. The Morgan fingerprint density at radius 2 is 2.16 bits per heavy atom. The number of pyridine rings is 1. The summed E-state index contributed by atoms with van der Waals surface area (Å²) in [5, 5.41) is 3.87. The molecule has 0 radical (unpaired) electrons. The van der Waals surface area contributed by atoms with E-state index in [0.717, 1.165) is 32.1 Å². The molecule has 2 aliphatic carbocycles. The van der Waals surface area contributed by atoms with Crippen LogP contribution >= 0.6 is 0 Å². The van der Waals surface area contributed by atoms with Crippen LogP contribution in [0.2, 0.25) is 0 Å². The zero-order chi connectivity index (χ0) is 16.7. The predicted molar refractivity (Wildman–Crippen MR) is 93.5 cm³/mol. The first-order chi connectivity index (χ1) is 12.4. The van der Waals surface area contributed by atoms with Gasteiger partial charge in [0.1, 0.15) is 6.10 Å². The lowest BCUT2D eigenvalue weighted by Crippen LogP contribution is -2.67. The van der Waals surface area contributed by atoms with Crippen LogP contribution in [0.5, 0.6) is 5.88 Å². The maximum absolute atomic E-state index is 6.08. The second-order valence-electron chi connectivity index (χ2n) is 8.15. The Morgan fingerprint density at radius 3 is 3.00 bits per heavy atom. The molecule has 4 atom stereocenters. The van der Waals surface area contributed by atoms with Gasteiger partial charge in [-0.3, -0.25) is 0 Å². The Morgan fingerprint density at radius 1 is 1.24 bits per heavy atom. The first kappa shape index (κ1) is 16.0. The van der Waals surface area contributed by atoms with E-state index in [0.29, 0.717) is 30.1 Å². The Balaban J connectivity index is 1.23. The molecule has 0 amide bonds. The molecule has 1 spiro atoms. The van der Waals surface area contributed by atoms with E-state index in [1.165, 1.54) is 37.7 Å².